The molecule has 0 aliphatic heterocycles. The average molecular weight is 514 g/mol. The van der Waals surface area contributed by atoms with Crippen LogP contribution in [0.5, 0.6) is 5.75 Å². The van der Waals surface area contributed by atoms with Gasteiger partial charge in [0.2, 0.25) is 12.3 Å². The summed E-state index contributed by atoms with van der Waals surface area (Å²) in [4.78, 5) is 20.9. The summed E-state index contributed by atoms with van der Waals surface area (Å²) in [5.74, 6) is 0.561. The highest BCUT2D eigenvalue weighted by Crippen LogP contribution is 2.32. The van der Waals surface area contributed by atoms with E-state index in [1.165, 1.54) is 6.33 Å². The van der Waals surface area contributed by atoms with Crippen LogP contribution in [0.15, 0.2) is 42.7 Å². The van der Waals surface area contributed by atoms with Gasteiger partial charge >= 0.3 is 0 Å². The number of aryl methyl sites for hydroxylation is 3. The Morgan fingerprint density at radius 1 is 1.19 bits per heavy atom. The first-order valence-corrected chi connectivity index (χ1v) is 11.8. The highest BCUT2D eigenvalue weighted by molar-refractivity contribution is 6.31. The van der Waals surface area contributed by atoms with Crippen LogP contribution in [0.1, 0.15) is 47.6 Å². The Balaban J connectivity index is 1.68. The SMILES string of the molecule is Cc1cc(Cl)c(COc2cccc3c(-n4ncnc4C)cc(C)nc23)c([C@H](C)NC(=O)CC(F)F)c1. The average Bonchev–Trinajstić information content (AvgIpc) is 3.22. The number of nitrogens with zero attached hydrogens (tertiary/aromatic N) is 4. The molecule has 4 rings (SSSR count). The van der Waals surface area contributed by atoms with E-state index >= 15 is 0 Å². The molecular weight excluding hydrogens is 488 g/mol. The zero-order valence-corrected chi connectivity index (χ0v) is 21.1. The van der Waals surface area contributed by atoms with Crippen LogP contribution in [0.3, 0.4) is 0 Å². The predicted octanol–water partition coefficient (Wildman–Crippen LogP) is 5.81. The standard InChI is InChI=1S/C26H26ClF2N5O2/c1-14-8-19(16(3)33-25(35)11-24(28)29)20(21(27)9-14)12-36-23-7-5-6-18-22(10-15(2)32-26(18)23)34-17(4)30-13-31-34/h5-10,13,16,24H,11-12H2,1-4H3,(H,33,35)/t16-/m0/s1. The van der Waals surface area contributed by atoms with E-state index < -0.39 is 24.8 Å². The molecule has 10 heteroatoms. The lowest BCUT2D eigenvalue weighted by atomic mass is 9.99. The minimum absolute atomic E-state index is 0.0932. The fourth-order valence-corrected chi connectivity index (χ4v) is 4.50. The zero-order chi connectivity index (χ0) is 26.0. The van der Waals surface area contributed by atoms with Crippen molar-refractivity contribution in [2.45, 2.75) is 53.2 Å². The summed E-state index contributed by atoms with van der Waals surface area (Å²) in [7, 11) is 0. The first-order chi connectivity index (χ1) is 17.1. The molecular formula is C26H26ClF2N5O2. The van der Waals surface area contributed by atoms with Crippen molar-refractivity contribution in [1.29, 1.82) is 0 Å². The normalized spacial score (nSPS) is 12.2. The number of aromatic nitrogens is 4. The number of hydrogen-bond donors (Lipinski definition) is 1. The lowest BCUT2D eigenvalue weighted by molar-refractivity contribution is -0.124. The first kappa shape index (κ1) is 25.5. The summed E-state index contributed by atoms with van der Waals surface area (Å²) < 4.78 is 33.2. The zero-order valence-electron chi connectivity index (χ0n) is 20.3. The second kappa shape index (κ2) is 10.6. The lowest BCUT2D eigenvalue weighted by Crippen LogP contribution is -2.29. The summed E-state index contributed by atoms with van der Waals surface area (Å²) in [6.07, 6.45) is -2.07. The molecule has 4 aromatic rings. The van der Waals surface area contributed by atoms with Gasteiger partial charge in [0.15, 0.2) is 0 Å². The van der Waals surface area contributed by atoms with Crippen LogP contribution >= 0.6 is 11.6 Å². The Bertz CT molecular complexity index is 1420. The van der Waals surface area contributed by atoms with Gasteiger partial charge in [-0.2, -0.15) is 5.10 Å². The Morgan fingerprint density at radius 2 is 1.97 bits per heavy atom. The van der Waals surface area contributed by atoms with Crippen molar-refractivity contribution in [3.05, 3.63) is 76.0 Å². The van der Waals surface area contributed by atoms with Crippen LogP contribution in [-0.2, 0) is 11.4 Å². The largest absolute Gasteiger partial charge is 0.487 e. The monoisotopic (exact) mass is 513 g/mol. The van der Waals surface area contributed by atoms with Gasteiger partial charge in [-0.05, 0) is 57.0 Å². The number of para-hydroxylation sites is 1. The highest BCUT2D eigenvalue weighted by atomic mass is 35.5. The molecule has 0 radical (unpaired) electrons. The molecule has 0 bridgehead atoms. The number of amides is 1. The maximum atomic E-state index is 12.6. The van der Waals surface area contributed by atoms with Gasteiger partial charge in [0.05, 0.1) is 18.2 Å². The lowest BCUT2D eigenvalue weighted by Gasteiger charge is -2.21. The fraction of sp³-hybridized carbons (Fsp3) is 0.308. The smallest absolute Gasteiger partial charge is 0.247 e. The van der Waals surface area contributed by atoms with Crippen LogP contribution in [0, 0.1) is 20.8 Å². The van der Waals surface area contributed by atoms with Crippen LogP contribution in [0.25, 0.3) is 16.6 Å². The third kappa shape index (κ3) is 5.46. The summed E-state index contributed by atoms with van der Waals surface area (Å²) in [6.45, 7) is 7.46. The van der Waals surface area contributed by atoms with Crippen molar-refractivity contribution >= 4 is 28.4 Å². The minimum Gasteiger partial charge on any atom is -0.487 e. The Kier molecular flexibility index (Phi) is 7.49. The van der Waals surface area contributed by atoms with E-state index in [2.05, 4.69) is 15.4 Å². The van der Waals surface area contributed by atoms with E-state index in [9.17, 15) is 13.6 Å². The van der Waals surface area contributed by atoms with Gasteiger partial charge in [0, 0.05) is 21.7 Å². The molecule has 2 heterocycles. The molecule has 0 saturated heterocycles. The van der Waals surface area contributed by atoms with Crippen molar-refractivity contribution in [2.24, 2.45) is 0 Å². The summed E-state index contributed by atoms with van der Waals surface area (Å²) in [5.41, 5.74) is 4.51. The van der Waals surface area contributed by atoms with Crippen molar-refractivity contribution in [1.82, 2.24) is 25.1 Å². The molecule has 2 aromatic heterocycles. The van der Waals surface area contributed by atoms with Gasteiger partial charge in [-0.25, -0.2) is 23.4 Å². The summed E-state index contributed by atoms with van der Waals surface area (Å²) >= 11 is 6.57. The van der Waals surface area contributed by atoms with Crippen LogP contribution in [0.2, 0.25) is 5.02 Å². The van der Waals surface area contributed by atoms with E-state index in [1.54, 1.807) is 17.7 Å². The number of carbonyl (C=O) groups is 1. The van der Waals surface area contributed by atoms with E-state index in [4.69, 9.17) is 21.3 Å². The van der Waals surface area contributed by atoms with Gasteiger partial charge in [0.1, 0.15) is 30.0 Å². The molecule has 36 heavy (non-hydrogen) atoms. The quantitative estimate of drug-likeness (QED) is 0.322. The second-order valence-corrected chi connectivity index (χ2v) is 9.05. The Hall–Kier alpha value is -3.59. The van der Waals surface area contributed by atoms with E-state index in [0.29, 0.717) is 27.4 Å². The van der Waals surface area contributed by atoms with Gasteiger partial charge in [-0.1, -0.05) is 29.8 Å². The Labute approximate surface area is 212 Å². The second-order valence-electron chi connectivity index (χ2n) is 8.64. The third-order valence-corrected chi connectivity index (χ3v) is 6.12. The Morgan fingerprint density at radius 3 is 2.67 bits per heavy atom. The molecule has 0 unspecified atom stereocenters. The molecule has 1 amide bonds. The van der Waals surface area contributed by atoms with Crippen molar-refractivity contribution in [3.63, 3.8) is 0 Å². The van der Waals surface area contributed by atoms with E-state index in [-0.39, 0.29) is 6.61 Å². The van der Waals surface area contributed by atoms with Gasteiger partial charge in [-0.15, -0.1) is 0 Å². The number of fused-ring (bicyclic) bond motifs is 1. The van der Waals surface area contributed by atoms with Crippen LogP contribution in [-0.4, -0.2) is 32.1 Å². The minimum atomic E-state index is -2.71. The number of ether oxygens (including phenoxy) is 1. The third-order valence-electron chi connectivity index (χ3n) is 5.79. The van der Waals surface area contributed by atoms with Crippen molar-refractivity contribution < 1.29 is 18.3 Å². The van der Waals surface area contributed by atoms with Crippen molar-refractivity contribution in [2.75, 3.05) is 0 Å². The molecule has 0 aliphatic rings. The van der Waals surface area contributed by atoms with E-state index in [1.807, 2.05) is 51.1 Å². The molecule has 0 aliphatic carbocycles. The van der Waals surface area contributed by atoms with Crippen LogP contribution in [0.4, 0.5) is 8.78 Å². The summed E-state index contributed by atoms with van der Waals surface area (Å²) in [5, 5.41) is 8.26. The van der Waals surface area contributed by atoms with Gasteiger partial charge in [-0.3, -0.25) is 4.79 Å². The highest BCUT2D eigenvalue weighted by Gasteiger charge is 2.20. The van der Waals surface area contributed by atoms with Crippen LogP contribution < -0.4 is 10.1 Å². The number of alkyl halides is 2. The topological polar surface area (TPSA) is 81.9 Å². The predicted molar refractivity (Wildman–Crippen MR) is 134 cm³/mol. The fourth-order valence-electron chi connectivity index (χ4n) is 4.16. The molecule has 2 aromatic carbocycles. The number of halogens is 3. The molecule has 0 spiro atoms. The number of carbonyl (C=O) groups excluding carboxylic acids is 1. The van der Waals surface area contributed by atoms with Gasteiger partial charge in [0.25, 0.3) is 0 Å². The summed E-state index contributed by atoms with van der Waals surface area (Å²) in [6, 6.07) is 10.7. The number of rotatable bonds is 8. The number of benzene rings is 2. The number of hydrogen-bond acceptors (Lipinski definition) is 5. The first-order valence-electron chi connectivity index (χ1n) is 11.4. The molecule has 0 fully saturated rings. The molecule has 7 nitrogen and oxygen atoms in total. The van der Waals surface area contributed by atoms with Gasteiger partial charge < -0.3 is 10.1 Å². The number of pyridine rings is 1. The molecule has 188 valence electrons. The number of nitrogens with one attached hydrogen (secondary N) is 1. The maximum absolute atomic E-state index is 12.6. The molecule has 0 saturated carbocycles. The molecule has 1 N–H and O–H groups in total. The molecule has 1 atom stereocenters. The van der Waals surface area contributed by atoms with Crippen molar-refractivity contribution in [3.8, 4) is 11.4 Å². The maximum Gasteiger partial charge on any atom is 0.247 e. The van der Waals surface area contributed by atoms with E-state index in [0.717, 1.165) is 28.2 Å².